The summed E-state index contributed by atoms with van der Waals surface area (Å²) >= 11 is 0. The molecule has 1 rings (SSSR count). The lowest BCUT2D eigenvalue weighted by atomic mass is 10.2. The van der Waals surface area contributed by atoms with E-state index in [9.17, 15) is 4.79 Å². The van der Waals surface area contributed by atoms with Crippen LogP contribution in [-0.2, 0) is 9.53 Å². The van der Waals surface area contributed by atoms with Crippen LogP contribution in [0.5, 0.6) is 0 Å². The minimum atomic E-state index is -0.815. The third-order valence-corrected chi connectivity index (χ3v) is 2.37. The van der Waals surface area contributed by atoms with Gasteiger partial charge in [0.05, 0.1) is 0 Å². The molecule has 0 aliphatic carbocycles. The van der Waals surface area contributed by atoms with Crippen molar-refractivity contribution in [1.82, 2.24) is 0 Å². The molecule has 0 fully saturated rings. The van der Waals surface area contributed by atoms with Crippen molar-refractivity contribution in [3.8, 4) is 0 Å². The highest BCUT2D eigenvalue weighted by Crippen LogP contribution is 2.13. The number of nitrogens with zero attached hydrogens (tertiary/aromatic N) is 1. The number of carboxylic acids is 1. The van der Waals surface area contributed by atoms with Gasteiger partial charge in [0.1, 0.15) is 6.54 Å². The first kappa shape index (κ1) is 13.5. The maximum Gasteiger partial charge on any atom is 0.323 e. The largest absolute Gasteiger partial charge is 0.480 e. The zero-order valence-electron chi connectivity index (χ0n) is 10.1. The molecule has 0 saturated carbocycles. The van der Waals surface area contributed by atoms with E-state index in [-0.39, 0.29) is 6.54 Å². The average molecular weight is 237 g/mol. The van der Waals surface area contributed by atoms with E-state index in [0.717, 1.165) is 12.1 Å². The van der Waals surface area contributed by atoms with Crippen molar-refractivity contribution in [2.75, 3.05) is 31.2 Å². The summed E-state index contributed by atoms with van der Waals surface area (Å²) in [6.45, 7) is 4.03. The van der Waals surface area contributed by atoms with Gasteiger partial charge >= 0.3 is 5.97 Å². The lowest BCUT2D eigenvalue weighted by molar-refractivity contribution is -0.135. The fourth-order valence-corrected chi connectivity index (χ4v) is 1.60. The number of rotatable bonds is 8. The predicted molar refractivity (Wildman–Crippen MR) is 67.4 cm³/mol. The fraction of sp³-hybridized carbons (Fsp3) is 0.462. The Morgan fingerprint density at radius 3 is 2.65 bits per heavy atom. The van der Waals surface area contributed by atoms with Gasteiger partial charge in [-0.3, -0.25) is 4.79 Å². The average Bonchev–Trinajstić information content (AvgIpc) is 2.34. The van der Waals surface area contributed by atoms with Crippen LogP contribution in [0.1, 0.15) is 13.3 Å². The highest BCUT2D eigenvalue weighted by Gasteiger charge is 2.09. The number of anilines is 1. The molecule has 0 saturated heterocycles. The van der Waals surface area contributed by atoms with E-state index >= 15 is 0 Å². The summed E-state index contributed by atoms with van der Waals surface area (Å²) in [5, 5.41) is 8.87. The maximum absolute atomic E-state index is 10.8. The third kappa shape index (κ3) is 5.36. The highest BCUT2D eigenvalue weighted by molar-refractivity contribution is 5.73. The molecule has 0 unspecified atom stereocenters. The smallest absolute Gasteiger partial charge is 0.323 e. The number of para-hydroxylation sites is 1. The topological polar surface area (TPSA) is 49.8 Å². The number of aliphatic carboxylic acids is 1. The Kier molecular flexibility index (Phi) is 6.10. The molecule has 0 bridgehead atoms. The molecular weight excluding hydrogens is 218 g/mol. The molecule has 0 atom stereocenters. The third-order valence-electron chi connectivity index (χ3n) is 2.37. The second kappa shape index (κ2) is 7.68. The Hall–Kier alpha value is -1.55. The monoisotopic (exact) mass is 237 g/mol. The summed E-state index contributed by atoms with van der Waals surface area (Å²) in [6, 6.07) is 9.58. The Bertz CT molecular complexity index is 327. The van der Waals surface area contributed by atoms with Gasteiger partial charge in [-0.2, -0.15) is 0 Å². The van der Waals surface area contributed by atoms with Crippen molar-refractivity contribution < 1.29 is 14.6 Å². The van der Waals surface area contributed by atoms with Crippen molar-refractivity contribution in [3.05, 3.63) is 30.3 Å². The van der Waals surface area contributed by atoms with Crippen LogP contribution in [0.2, 0.25) is 0 Å². The van der Waals surface area contributed by atoms with E-state index in [2.05, 4.69) is 0 Å². The highest BCUT2D eigenvalue weighted by atomic mass is 16.5. The Morgan fingerprint density at radius 1 is 1.35 bits per heavy atom. The predicted octanol–water partition coefficient (Wildman–Crippen LogP) is 2.00. The Balaban J connectivity index is 2.52. The van der Waals surface area contributed by atoms with Gasteiger partial charge in [0.2, 0.25) is 0 Å². The van der Waals surface area contributed by atoms with Crippen LogP contribution in [0.4, 0.5) is 5.69 Å². The summed E-state index contributed by atoms with van der Waals surface area (Å²) in [6.07, 6.45) is 0.829. The molecule has 0 amide bonds. The van der Waals surface area contributed by atoms with Crippen LogP contribution in [0.25, 0.3) is 0 Å². The van der Waals surface area contributed by atoms with Crippen molar-refractivity contribution >= 4 is 11.7 Å². The number of carbonyl (C=O) groups is 1. The lowest BCUT2D eigenvalue weighted by Gasteiger charge is -2.22. The number of ether oxygens (including phenoxy) is 1. The van der Waals surface area contributed by atoms with Crippen LogP contribution in [-0.4, -0.2) is 37.4 Å². The van der Waals surface area contributed by atoms with Gasteiger partial charge in [0, 0.05) is 25.4 Å². The molecule has 1 aromatic rings. The zero-order valence-corrected chi connectivity index (χ0v) is 10.1. The number of carboxylic acid groups (broad SMARTS) is 1. The summed E-state index contributed by atoms with van der Waals surface area (Å²) in [5.74, 6) is -0.815. The number of benzene rings is 1. The molecule has 4 nitrogen and oxygen atoms in total. The van der Waals surface area contributed by atoms with E-state index in [1.807, 2.05) is 42.2 Å². The Labute approximate surface area is 102 Å². The molecule has 0 spiro atoms. The zero-order chi connectivity index (χ0) is 12.5. The number of hydrogen-bond donors (Lipinski definition) is 1. The van der Waals surface area contributed by atoms with Crippen LogP contribution >= 0.6 is 0 Å². The minimum Gasteiger partial charge on any atom is -0.480 e. The summed E-state index contributed by atoms with van der Waals surface area (Å²) in [4.78, 5) is 12.6. The summed E-state index contributed by atoms with van der Waals surface area (Å²) in [7, 11) is 0. The molecule has 0 heterocycles. The molecule has 0 radical (unpaired) electrons. The van der Waals surface area contributed by atoms with Crippen LogP contribution in [0, 0.1) is 0 Å². The Morgan fingerprint density at radius 2 is 2.06 bits per heavy atom. The number of hydrogen-bond acceptors (Lipinski definition) is 3. The quantitative estimate of drug-likeness (QED) is 0.703. The van der Waals surface area contributed by atoms with Gasteiger partial charge in [-0.25, -0.2) is 0 Å². The minimum absolute atomic E-state index is 0.0239. The van der Waals surface area contributed by atoms with E-state index in [4.69, 9.17) is 9.84 Å². The van der Waals surface area contributed by atoms with Crippen LogP contribution < -0.4 is 4.90 Å². The molecule has 0 aromatic heterocycles. The molecule has 94 valence electrons. The van der Waals surface area contributed by atoms with Crippen molar-refractivity contribution in [2.45, 2.75) is 13.3 Å². The molecular formula is C13H19NO3. The lowest BCUT2D eigenvalue weighted by Crippen LogP contribution is -2.31. The summed E-state index contributed by atoms with van der Waals surface area (Å²) < 4.78 is 5.25. The van der Waals surface area contributed by atoms with Crippen molar-refractivity contribution in [2.24, 2.45) is 0 Å². The normalized spacial score (nSPS) is 10.2. The molecule has 4 heteroatoms. The van der Waals surface area contributed by atoms with Gasteiger partial charge in [-0.15, -0.1) is 0 Å². The van der Waals surface area contributed by atoms with Gasteiger partial charge in [0.15, 0.2) is 0 Å². The van der Waals surface area contributed by atoms with Crippen molar-refractivity contribution in [3.63, 3.8) is 0 Å². The maximum atomic E-state index is 10.8. The van der Waals surface area contributed by atoms with Crippen molar-refractivity contribution in [1.29, 1.82) is 0 Å². The van der Waals surface area contributed by atoms with Gasteiger partial charge < -0.3 is 14.7 Å². The van der Waals surface area contributed by atoms with Gasteiger partial charge in [-0.05, 0) is 25.5 Å². The standard InChI is InChI=1S/C13H19NO3/c1-2-17-10-6-9-14(11-13(15)16)12-7-4-3-5-8-12/h3-5,7-8H,2,6,9-11H2,1H3,(H,15,16). The summed E-state index contributed by atoms with van der Waals surface area (Å²) in [5.41, 5.74) is 0.936. The first-order valence-electron chi connectivity index (χ1n) is 5.83. The SMILES string of the molecule is CCOCCCN(CC(=O)O)c1ccccc1. The first-order chi connectivity index (χ1) is 8.24. The molecule has 17 heavy (non-hydrogen) atoms. The van der Waals surface area contributed by atoms with E-state index in [1.165, 1.54) is 0 Å². The second-order valence-corrected chi connectivity index (χ2v) is 3.70. The van der Waals surface area contributed by atoms with Crippen LogP contribution in [0.15, 0.2) is 30.3 Å². The van der Waals surface area contributed by atoms with E-state index in [1.54, 1.807) is 0 Å². The van der Waals surface area contributed by atoms with Gasteiger partial charge in [0.25, 0.3) is 0 Å². The molecule has 1 N–H and O–H groups in total. The molecule has 0 aliphatic heterocycles. The molecule has 0 aliphatic rings. The van der Waals surface area contributed by atoms with E-state index < -0.39 is 5.97 Å². The van der Waals surface area contributed by atoms with E-state index in [0.29, 0.717) is 19.8 Å². The first-order valence-corrected chi connectivity index (χ1v) is 5.83. The second-order valence-electron chi connectivity index (χ2n) is 3.70. The van der Waals surface area contributed by atoms with Crippen LogP contribution in [0.3, 0.4) is 0 Å². The molecule has 1 aromatic carbocycles. The van der Waals surface area contributed by atoms with Gasteiger partial charge in [-0.1, -0.05) is 18.2 Å². The fourth-order valence-electron chi connectivity index (χ4n) is 1.60.